The number of para-hydroxylation sites is 1. The van der Waals surface area contributed by atoms with Gasteiger partial charge in [-0.25, -0.2) is 0 Å². The third-order valence-electron chi connectivity index (χ3n) is 4.22. The van der Waals surface area contributed by atoms with E-state index in [1.54, 1.807) is 0 Å². The highest BCUT2D eigenvalue weighted by Crippen LogP contribution is 2.37. The van der Waals surface area contributed by atoms with Crippen molar-refractivity contribution in [1.82, 2.24) is 0 Å². The molecule has 0 fully saturated rings. The van der Waals surface area contributed by atoms with Crippen LogP contribution in [-0.4, -0.2) is 0 Å². The van der Waals surface area contributed by atoms with Gasteiger partial charge in [0.15, 0.2) is 0 Å². The first-order chi connectivity index (χ1) is 11.8. The topological polar surface area (TPSA) is 21.3 Å². The van der Waals surface area contributed by atoms with Gasteiger partial charge in [0.25, 0.3) is 0 Å². The van der Waals surface area contributed by atoms with E-state index in [2.05, 4.69) is 60.8 Å². The molecule has 2 nitrogen and oxygen atoms in total. The second kappa shape index (κ2) is 6.25. The third-order valence-corrected chi connectivity index (χ3v) is 4.22. The molecular formula is C22H19NO. The molecular weight excluding hydrogens is 294 g/mol. The Morgan fingerprint density at radius 3 is 2.29 bits per heavy atom. The first-order valence-corrected chi connectivity index (χ1v) is 8.17. The molecule has 0 unspecified atom stereocenters. The van der Waals surface area contributed by atoms with Gasteiger partial charge in [0.1, 0.15) is 11.5 Å². The molecule has 3 aromatic rings. The second-order valence-corrected chi connectivity index (χ2v) is 6.02. The Kier molecular flexibility index (Phi) is 3.80. The number of ether oxygens (including phenoxy) is 1. The van der Waals surface area contributed by atoms with E-state index in [4.69, 9.17) is 4.74 Å². The van der Waals surface area contributed by atoms with Crippen LogP contribution in [0.2, 0.25) is 0 Å². The third kappa shape index (κ3) is 2.91. The summed E-state index contributed by atoms with van der Waals surface area (Å²) in [6, 6.07) is 27.0. The number of aryl methyl sites for hydroxylation is 1. The summed E-state index contributed by atoms with van der Waals surface area (Å²) < 4.78 is 6.13. The van der Waals surface area contributed by atoms with Crippen LogP contribution in [0.15, 0.2) is 84.9 Å². The van der Waals surface area contributed by atoms with Gasteiger partial charge < -0.3 is 10.1 Å². The summed E-state index contributed by atoms with van der Waals surface area (Å²) in [6.45, 7) is 2.10. The zero-order valence-corrected chi connectivity index (χ0v) is 13.6. The summed E-state index contributed by atoms with van der Waals surface area (Å²) >= 11 is 0. The lowest BCUT2D eigenvalue weighted by molar-refractivity contribution is 0.491. The fourth-order valence-corrected chi connectivity index (χ4v) is 2.93. The van der Waals surface area contributed by atoms with E-state index in [0.717, 1.165) is 28.3 Å². The van der Waals surface area contributed by atoms with Gasteiger partial charge >= 0.3 is 0 Å². The molecule has 2 heteroatoms. The highest BCUT2D eigenvalue weighted by molar-refractivity contribution is 5.68. The molecule has 0 saturated heterocycles. The Hall–Kier alpha value is -3.00. The minimum absolute atomic E-state index is 0.0767. The Bertz CT molecular complexity index is 866. The molecule has 24 heavy (non-hydrogen) atoms. The van der Waals surface area contributed by atoms with Crippen LogP contribution in [-0.2, 0) is 0 Å². The first-order valence-electron chi connectivity index (χ1n) is 8.17. The number of hydrogen-bond acceptors (Lipinski definition) is 2. The van der Waals surface area contributed by atoms with Crippen molar-refractivity contribution in [1.29, 1.82) is 0 Å². The number of hydrogen-bond donors (Lipinski definition) is 1. The van der Waals surface area contributed by atoms with Crippen molar-refractivity contribution < 1.29 is 4.74 Å². The van der Waals surface area contributed by atoms with Crippen molar-refractivity contribution in [2.75, 3.05) is 5.32 Å². The lowest BCUT2D eigenvalue weighted by Gasteiger charge is -2.26. The van der Waals surface area contributed by atoms with Crippen LogP contribution in [0.1, 0.15) is 22.7 Å². The van der Waals surface area contributed by atoms with E-state index in [1.807, 2.05) is 36.4 Å². The SMILES string of the molecule is Cc1ccc(N[C@@H]2C=C(c3ccccc3)Oc3ccccc32)cc1. The number of nitrogens with one attached hydrogen (secondary N) is 1. The zero-order valence-electron chi connectivity index (χ0n) is 13.6. The molecule has 4 rings (SSSR count). The van der Waals surface area contributed by atoms with Crippen molar-refractivity contribution >= 4 is 11.4 Å². The molecule has 1 N–H and O–H groups in total. The number of benzene rings is 3. The quantitative estimate of drug-likeness (QED) is 0.681. The minimum atomic E-state index is 0.0767. The average molecular weight is 313 g/mol. The second-order valence-electron chi connectivity index (χ2n) is 6.02. The van der Waals surface area contributed by atoms with Gasteiger partial charge in [-0.15, -0.1) is 0 Å². The summed E-state index contributed by atoms with van der Waals surface area (Å²) in [5.41, 5.74) is 4.60. The standard InChI is InChI=1S/C22H19NO/c1-16-11-13-18(14-12-16)23-20-15-22(17-7-3-2-4-8-17)24-21-10-6-5-9-19(20)21/h2-15,20,23H,1H3/t20-/m1/s1. The van der Waals surface area contributed by atoms with E-state index >= 15 is 0 Å². The maximum absolute atomic E-state index is 6.13. The lowest BCUT2D eigenvalue weighted by Crippen LogP contribution is -2.15. The fraction of sp³-hybridized carbons (Fsp3) is 0.0909. The van der Waals surface area contributed by atoms with Crippen molar-refractivity contribution in [2.45, 2.75) is 13.0 Å². The summed E-state index contributed by atoms with van der Waals surface area (Å²) in [5, 5.41) is 3.61. The van der Waals surface area contributed by atoms with E-state index < -0.39 is 0 Å². The van der Waals surface area contributed by atoms with Crippen molar-refractivity contribution in [3.63, 3.8) is 0 Å². The van der Waals surface area contributed by atoms with Gasteiger partial charge in [0.05, 0.1) is 6.04 Å². The predicted molar refractivity (Wildman–Crippen MR) is 99.0 cm³/mol. The minimum Gasteiger partial charge on any atom is -0.457 e. The van der Waals surface area contributed by atoms with Gasteiger partial charge in [0, 0.05) is 16.8 Å². The van der Waals surface area contributed by atoms with Crippen LogP contribution < -0.4 is 10.1 Å². The van der Waals surface area contributed by atoms with Gasteiger partial charge in [-0.1, -0.05) is 66.2 Å². The van der Waals surface area contributed by atoms with E-state index in [0.29, 0.717) is 0 Å². The summed E-state index contributed by atoms with van der Waals surface area (Å²) in [5.74, 6) is 1.79. The van der Waals surface area contributed by atoms with Gasteiger partial charge in [0.2, 0.25) is 0 Å². The smallest absolute Gasteiger partial charge is 0.133 e. The molecule has 0 aromatic heterocycles. The van der Waals surface area contributed by atoms with Crippen LogP contribution in [0, 0.1) is 6.92 Å². The molecule has 1 aliphatic heterocycles. The fourth-order valence-electron chi connectivity index (χ4n) is 2.93. The van der Waals surface area contributed by atoms with E-state index in [-0.39, 0.29) is 6.04 Å². The summed E-state index contributed by atoms with van der Waals surface area (Å²) in [4.78, 5) is 0. The molecule has 0 bridgehead atoms. The van der Waals surface area contributed by atoms with Crippen LogP contribution in [0.3, 0.4) is 0 Å². The van der Waals surface area contributed by atoms with Gasteiger partial charge in [-0.05, 0) is 31.2 Å². The lowest BCUT2D eigenvalue weighted by atomic mass is 10.00. The molecule has 118 valence electrons. The molecule has 1 atom stereocenters. The van der Waals surface area contributed by atoms with Crippen LogP contribution >= 0.6 is 0 Å². The van der Waals surface area contributed by atoms with Gasteiger partial charge in [-0.2, -0.15) is 0 Å². The molecule has 1 heterocycles. The van der Waals surface area contributed by atoms with Crippen LogP contribution in [0.4, 0.5) is 5.69 Å². The average Bonchev–Trinajstić information content (AvgIpc) is 2.64. The highest BCUT2D eigenvalue weighted by atomic mass is 16.5. The summed E-state index contributed by atoms with van der Waals surface area (Å²) in [7, 11) is 0. The molecule has 0 saturated carbocycles. The largest absolute Gasteiger partial charge is 0.457 e. The Morgan fingerprint density at radius 1 is 0.792 bits per heavy atom. The van der Waals surface area contributed by atoms with E-state index in [9.17, 15) is 0 Å². The predicted octanol–water partition coefficient (Wildman–Crippen LogP) is 5.58. The maximum Gasteiger partial charge on any atom is 0.133 e. The first kappa shape index (κ1) is 14.6. The van der Waals surface area contributed by atoms with Crippen molar-refractivity contribution in [2.24, 2.45) is 0 Å². The molecule has 0 amide bonds. The monoisotopic (exact) mass is 313 g/mol. The van der Waals surface area contributed by atoms with E-state index in [1.165, 1.54) is 5.56 Å². The van der Waals surface area contributed by atoms with Crippen molar-refractivity contribution in [3.8, 4) is 5.75 Å². The number of anilines is 1. The Morgan fingerprint density at radius 2 is 1.50 bits per heavy atom. The molecule has 0 aliphatic carbocycles. The molecule has 3 aromatic carbocycles. The van der Waals surface area contributed by atoms with Crippen LogP contribution in [0.25, 0.3) is 5.76 Å². The molecule has 0 radical (unpaired) electrons. The highest BCUT2D eigenvalue weighted by Gasteiger charge is 2.22. The summed E-state index contributed by atoms with van der Waals surface area (Å²) in [6.07, 6.45) is 2.15. The zero-order chi connectivity index (χ0) is 16.4. The normalized spacial score (nSPS) is 15.9. The number of fused-ring (bicyclic) bond motifs is 1. The number of rotatable bonds is 3. The van der Waals surface area contributed by atoms with Crippen molar-refractivity contribution in [3.05, 3.63) is 102 Å². The molecule has 0 spiro atoms. The Balaban J connectivity index is 1.72. The van der Waals surface area contributed by atoms with Crippen LogP contribution in [0.5, 0.6) is 5.75 Å². The Labute approximate surface area is 142 Å². The van der Waals surface area contributed by atoms with Gasteiger partial charge in [-0.3, -0.25) is 0 Å². The maximum atomic E-state index is 6.13. The molecule has 1 aliphatic rings.